The molecule has 78 valence electrons. The smallest absolute Gasteiger partial charge is 0.163 e. The van der Waals surface area contributed by atoms with E-state index in [9.17, 15) is 0 Å². The lowest BCUT2D eigenvalue weighted by Gasteiger charge is -2.34. The van der Waals surface area contributed by atoms with Gasteiger partial charge in [-0.1, -0.05) is 0 Å². The Bertz CT molecular complexity index is 254. The van der Waals surface area contributed by atoms with Crippen LogP contribution in [0.15, 0.2) is 0 Å². The second-order valence-electron chi connectivity index (χ2n) is 4.91. The van der Waals surface area contributed by atoms with Gasteiger partial charge in [0.1, 0.15) is 0 Å². The van der Waals surface area contributed by atoms with Crippen LogP contribution in [0.4, 0.5) is 0 Å². The minimum absolute atomic E-state index is 0.0309. The van der Waals surface area contributed by atoms with Crippen LogP contribution >= 0.6 is 0 Å². The molecule has 0 N–H and O–H groups in total. The summed E-state index contributed by atoms with van der Waals surface area (Å²) in [7, 11) is 0. The van der Waals surface area contributed by atoms with Crippen molar-refractivity contribution >= 4 is 0 Å². The zero-order valence-electron chi connectivity index (χ0n) is 9.01. The molecule has 1 spiro atoms. The fourth-order valence-electron chi connectivity index (χ4n) is 2.44. The van der Waals surface area contributed by atoms with Crippen molar-refractivity contribution in [3.8, 4) is 12.3 Å². The van der Waals surface area contributed by atoms with Crippen molar-refractivity contribution < 1.29 is 9.47 Å². The van der Waals surface area contributed by atoms with Crippen molar-refractivity contribution in [1.29, 1.82) is 0 Å². The van der Waals surface area contributed by atoms with Crippen LogP contribution in [-0.2, 0) is 9.47 Å². The van der Waals surface area contributed by atoms with Crippen molar-refractivity contribution in [3.05, 3.63) is 0 Å². The summed E-state index contributed by atoms with van der Waals surface area (Å²) in [5, 5.41) is 0. The Balaban J connectivity index is 1.98. The number of ether oxygens (including phenoxy) is 2. The molecular formula is C12H18O2. The minimum Gasteiger partial charge on any atom is -0.348 e. The summed E-state index contributed by atoms with van der Waals surface area (Å²) in [4.78, 5) is 0. The van der Waals surface area contributed by atoms with Gasteiger partial charge in [-0.3, -0.25) is 0 Å². The van der Waals surface area contributed by atoms with E-state index in [-0.39, 0.29) is 5.60 Å². The van der Waals surface area contributed by atoms with Crippen LogP contribution in [0.3, 0.4) is 0 Å². The highest BCUT2D eigenvalue weighted by molar-refractivity contribution is 5.01. The molecule has 14 heavy (non-hydrogen) atoms. The summed E-state index contributed by atoms with van der Waals surface area (Å²) in [5.74, 6) is 2.89. The monoisotopic (exact) mass is 194 g/mol. The van der Waals surface area contributed by atoms with E-state index in [1.165, 1.54) is 0 Å². The second kappa shape index (κ2) is 3.25. The Hall–Kier alpha value is -0.520. The van der Waals surface area contributed by atoms with Gasteiger partial charge in [-0.25, -0.2) is 0 Å². The standard InChI is InChI=1S/C12H18O2/c1-4-10-5-7-12(8-6-10)9-13-11(2,3)14-12/h1,10H,5-9H2,2-3H3. The Morgan fingerprint density at radius 2 is 1.93 bits per heavy atom. The Morgan fingerprint density at radius 3 is 2.36 bits per heavy atom. The average molecular weight is 194 g/mol. The molecule has 2 nitrogen and oxygen atoms in total. The van der Waals surface area contributed by atoms with Gasteiger partial charge in [0.05, 0.1) is 12.2 Å². The van der Waals surface area contributed by atoms with E-state index in [1.807, 2.05) is 13.8 Å². The summed E-state index contributed by atoms with van der Waals surface area (Å²) < 4.78 is 11.6. The molecule has 0 aromatic rings. The zero-order chi connectivity index (χ0) is 10.2. The maximum Gasteiger partial charge on any atom is 0.163 e. The van der Waals surface area contributed by atoms with Crippen molar-refractivity contribution in [3.63, 3.8) is 0 Å². The highest BCUT2D eigenvalue weighted by Gasteiger charge is 2.46. The van der Waals surface area contributed by atoms with Gasteiger partial charge in [-0.2, -0.15) is 0 Å². The van der Waals surface area contributed by atoms with Crippen LogP contribution in [-0.4, -0.2) is 18.0 Å². The van der Waals surface area contributed by atoms with Crippen LogP contribution in [0.2, 0.25) is 0 Å². The zero-order valence-corrected chi connectivity index (χ0v) is 9.01. The highest BCUT2D eigenvalue weighted by atomic mass is 16.8. The predicted molar refractivity (Wildman–Crippen MR) is 54.6 cm³/mol. The first-order valence-corrected chi connectivity index (χ1v) is 5.36. The molecule has 0 aromatic carbocycles. The van der Waals surface area contributed by atoms with E-state index in [2.05, 4.69) is 5.92 Å². The van der Waals surface area contributed by atoms with Gasteiger partial charge >= 0.3 is 0 Å². The van der Waals surface area contributed by atoms with Crippen LogP contribution < -0.4 is 0 Å². The molecule has 2 aliphatic rings. The quantitative estimate of drug-likeness (QED) is 0.551. The molecule has 0 amide bonds. The largest absolute Gasteiger partial charge is 0.348 e. The number of hydrogen-bond acceptors (Lipinski definition) is 2. The minimum atomic E-state index is -0.400. The van der Waals surface area contributed by atoms with Gasteiger partial charge in [0, 0.05) is 5.92 Å². The first kappa shape index (κ1) is 10.0. The van der Waals surface area contributed by atoms with E-state index in [4.69, 9.17) is 15.9 Å². The normalized spacial score (nSPS) is 41.1. The van der Waals surface area contributed by atoms with Crippen LogP contribution in [0.25, 0.3) is 0 Å². The first-order valence-electron chi connectivity index (χ1n) is 5.36. The molecule has 1 aliphatic carbocycles. The lowest BCUT2D eigenvalue weighted by atomic mass is 9.79. The second-order valence-corrected chi connectivity index (χ2v) is 4.91. The van der Waals surface area contributed by atoms with Gasteiger partial charge in [-0.05, 0) is 39.5 Å². The fourth-order valence-corrected chi connectivity index (χ4v) is 2.44. The molecule has 1 saturated heterocycles. The summed E-state index contributed by atoms with van der Waals surface area (Å²) in [5.41, 5.74) is -0.0309. The Morgan fingerprint density at radius 1 is 1.29 bits per heavy atom. The molecule has 1 aliphatic heterocycles. The van der Waals surface area contributed by atoms with Crippen LogP contribution in [0, 0.1) is 18.3 Å². The molecule has 0 unspecified atom stereocenters. The molecule has 0 radical (unpaired) electrons. The van der Waals surface area contributed by atoms with E-state index < -0.39 is 5.79 Å². The maximum absolute atomic E-state index is 5.98. The van der Waals surface area contributed by atoms with Crippen LogP contribution in [0.1, 0.15) is 39.5 Å². The number of hydrogen-bond donors (Lipinski definition) is 0. The van der Waals surface area contributed by atoms with Crippen LogP contribution in [0.5, 0.6) is 0 Å². The molecule has 0 atom stereocenters. The molecular weight excluding hydrogens is 176 g/mol. The van der Waals surface area contributed by atoms with Crippen molar-refractivity contribution in [2.24, 2.45) is 5.92 Å². The van der Waals surface area contributed by atoms with E-state index in [0.29, 0.717) is 5.92 Å². The Labute approximate surface area is 86.0 Å². The van der Waals surface area contributed by atoms with E-state index >= 15 is 0 Å². The lowest BCUT2D eigenvalue weighted by molar-refractivity contribution is -0.168. The predicted octanol–water partition coefficient (Wildman–Crippen LogP) is 2.33. The van der Waals surface area contributed by atoms with E-state index in [0.717, 1.165) is 32.3 Å². The summed E-state index contributed by atoms with van der Waals surface area (Å²) in [6, 6.07) is 0. The van der Waals surface area contributed by atoms with E-state index in [1.54, 1.807) is 0 Å². The van der Waals surface area contributed by atoms with Gasteiger partial charge in [0.15, 0.2) is 5.79 Å². The first-order chi connectivity index (χ1) is 6.55. The SMILES string of the molecule is C#CC1CCC2(CC1)COC(C)(C)O2. The molecule has 2 fully saturated rings. The third-order valence-electron chi connectivity index (χ3n) is 3.28. The van der Waals surface area contributed by atoms with Crippen molar-refractivity contribution in [2.75, 3.05) is 6.61 Å². The van der Waals surface area contributed by atoms with Gasteiger partial charge in [0.25, 0.3) is 0 Å². The molecule has 2 rings (SSSR count). The maximum atomic E-state index is 5.98. The summed E-state index contributed by atoms with van der Waals surface area (Å²) >= 11 is 0. The lowest BCUT2D eigenvalue weighted by Crippen LogP contribution is -2.38. The number of rotatable bonds is 0. The fraction of sp³-hybridized carbons (Fsp3) is 0.833. The third kappa shape index (κ3) is 1.80. The van der Waals surface area contributed by atoms with Crippen molar-refractivity contribution in [1.82, 2.24) is 0 Å². The Kier molecular flexibility index (Phi) is 2.33. The molecule has 1 saturated carbocycles. The van der Waals surface area contributed by atoms with Gasteiger partial charge in [0.2, 0.25) is 0 Å². The average Bonchev–Trinajstić information content (AvgIpc) is 2.44. The number of terminal acetylenes is 1. The third-order valence-corrected chi connectivity index (χ3v) is 3.28. The highest BCUT2D eigenvalue weighted by Crippen LogP contribution is 2.42. The molecule has 0 aromatic heterocycles. The van der Waals surface area contributed by atoms with Crippen molar-refractivity contribution in [2.45, 2.75) is 50.9 Å². The molecule has 0 bridgehead atoms. The summed E-state index contributed by atoms with van der Waals surface area (Å²) in [6.45, 7) is 4.70. The van der Waals surface area contributed by atoms with Gasteiger partial charge < -0.3 is 9.47 Å². The summed E-state index contributed by atoms with van der Waals surface area (Å²) in [6.07, 6.45) is 9.67. The topological polar surface area (TPSA) is 18.5 Å². The van der Waals surface area contributed by atoms with Gasteiger partial charge in [-0.15, -0.1) is 12.3 Å². The molecule has 2 heteroatoms. The molecule has 1 heterocycles.